The van der Waals surface area contributed by atoms with Gasteiger partial charge in [0.25, 0.3) is 0 Å². The number of fused-ring (bicyclic) bond motifs is 1. The number of carbonyl (C=O) groups is 1. The zero-order chi connectivity index (χ0) is 19.6. The third kappa shape index (κ3) is 4.41. The fourth-order valence-electron chi connectivity index (χ4n) is 3.47. The predicted octanol–water partition coefficient (Wildman–Crippen LogP) is 1.49. The van der Waals surface area contributed by atoms with E-state index in [1.54, 1.807) is 7.05 Å². The lowest BCUT2D eigenvalue weighted by Crippen LogP contribution is -2.42. The number of carbonyl (C=O) groups excluding carboxylic acids is 1. The van der Waals surface area contributed by atoms with Gasteiger partial charge in [0.2, 0.25) is 15.9 Å². The van der Waals surface area contributed by atoms with E-state index in [9.17, 15) is 18.0 Å². The van der Waals surface area contributed by atoms with Gasteiger partial charge >= 0.3 is 5.76 Å². The number of amides is 1. The van der Waals surface area contributed by atoms with Crippen LogP contribution in [0.4, 0.5) is 0 Å². The van der Waals surface area contributed by atoms with Crippen LogP contribution in [0.2, 0.25) is 0 Å². The number of benzene rings is 1. The van der Waals surface area contributed by atoms with Gasteiger partial charge in [0.05, 0.1) is 10.4 Å². The van der Waals surface area contributed by atoms with Gasteiger partial charge < -0.3 is 9.73 Å². The van der Waals surface area contributed by atoms with Crippen molar-refractivity contribution in [2.45, 2.75) is 50.0 Å². The van der Waals surface area contributed by atoms with Crippen molar-refractivity contribution in [3.63, 3.8) is 0 Å². The van der Waals surface area contributed by atoms with Crippen molar-refractivity contribution in [2.24, 2.45) is 13.0 Å². The average molecular weight is 395 g/mol. The molecule has 1 fully saturated rings. The lowest BCUT2D eigenvalue weighted by molar-refractivity contribution is -0.122. The minimum atomic E-state index is -3.80. The van der Waals surface area contributed by atoms with Gasteiger partial charge in [-0.2, -0.15) is 0 Å². The van der Waals surface area contributed by atoms with Crippen LogP contribution in [0.15, 0.2) is 32.3 Å². The first kappa shape index (κ1) is 19.6. The number of nitrogens with one attached hydrogen (secondary N) is 2. The summed E-state index contributed by atoms with van der Waals surface area (Å²) in [6.07, 6.45) is 4.46. The molecule has 0 saturated heterocycles. The van der Waals surface area contributed by atoms with E-state index in [-0.39, 0.29) is 35.4 Å². The minimum Gasteiger partial charge on any atom is -0.408 e. The summed E-state index contributed by atoms with van der Waals surface area (Å²) < 4.78 is 33.6. The lowest BCUT2D eigenvalue weighted by atomic mass is 9.86. The molecule has 1 aliphatic rings. The molecule has 2 atom stereocenters. The highest BCUT2D eigenvalue weighted by molar-refractivity contribution is 7.89. The molecule has 0 radical (unpaired) electrons. The zero-order valence-corrected chi connectivity index (χ0v) is 16.3. The Bertz CT molecular complexity index is 992. The Hall–Kier alpha value is -2.13. The monoisotopic (exact) mass is 395 g/mol. The fraction of sp³-hybridized carbons (Fsp3) is 0.556. The SMILES string of the molecule is CC1CCCCC1NC(=O)CCNS(=O)(=O)c1ccc2c(c1)oc(=O)n2C. The molecule has 0 aliphatic heterocycles. The zero-order valence-electron chi connectivity index (χ0n) is 15.5. The topological polar surface area (TPSA) is 110 Å². The molecule has 1 aromatic heterocycles. The summed E-state index contributed by atoms with van der Waals surface area (Å²) in [5, 5.41) is 3.00. The number of aryl methyl sites for hydroxylation is 1. The summed E-state index contributed by atoms with van der Waals surface area (Å²) in [5.41, 5.74) is 0.717. The van der Waals surface area contributed by atoms with Crippen molar-refractivity contribution in [2.75, 3.05) is 6.54 Å². The molecule has 2 aromatic rings. The normalized spacial score (nSPS) is 20.7. The largest absolute Gasteiger partial charge is 0.419 e. The van der Waals surface area contributed by atoms with Crippen LogP contribution in [0.1, 0.15) is 39.0 Å². The highest BCUT2D eigenvalue weighted by Crippen LogP contribution is 2.23. The molecule has 8 nitrogen and oxygen atoms in total. The number of sulfonamides is 1. The van der Waals surface area contributed by atoms with Crippen LogP contribution >= 0.6 is 0 Å². The number of oxazole rings is 1. The van der Waals surface area contributed by atoms with Crippen LogP contribution in [-0.2, 0) is 21.9 Å². The molecule has 1 aromatic carbocycles. The van der Waals surface area contributed by atoms with Gasteiger partial charge in [0.1, 0.15) is 0 Å². The maximum atomic E-state index is 12.4. The second-order valence-electron chi connectivity index (χ2n) is 7.14. The number of hydrogen-bond acceptors (Lipinski definition) is 5. The molecule has 1 heterocycles. The number of nitrogens with zero attached hydrogens (tertiary/aromatic N) is 1. The molecule has 2 unspecified atom stereocenters. The first-order valence-corrected chi connectivity index (χ1v) is 10.6. The van der Waals surface area contributed by atoms with Crippen LogP contribution < -0.4 is 15.8 Å². The van der Waals surface area contributed by atoms with Crippen molar-refractivity contribution >= 4 is 27.0 Å². The standard InChI is InChI=1S/C18H25N3O5S/c1-12-5-3-4-6-14(12)20-17(22)9-10-19-27(24,25)13-7-8-15-16(11-13)26-18(23)21(15)2/h7-8,11-12,14,19H,3-6,9-10H2,1-2H3,(H,20,22). The number of hydrogen-bond donors (Lipinski definition) is 2. The second-order valence-corrected chi connectivity index (χ2v) is 8.91. The Morgan fingerprint density at radius 2 is 2.04 bits per heavy atom. The third-order valence-corrected chi connectivity index (χ3v) is 6.63. The van der Waals surface area contributed by atoms with Crippen LogP contribution in [0.25, 0.3) is 11.1 Å². The van der Waals surface area contributed by atoms with E-state index in [4.69, 9.17) is 4.42 Å². The van der Waals surface area contributed by atoms with Crippen molar-refractivity contribution in [1.82, 2.24) is 14.6 Å². The molecule has 0 spiro atoms. The van der Waals surface area contributed by atoms with E-state index in [1.807, 2.05) is 0 Å². The van der Waals surface area contributed by atoms with Crippen molar-refractivity contribution in [3.05, 3.63) is 28.7 Å². The van der Waals surface area contributed by atoms with Gasteiger partial charge in [-0.15, -0.1) is 0 Å². The molecule has 1 aliphatic carbocycles. The molecule has 1 amide bonds. The summed E-state index contributed by atoms with van der Waals surface area (Å²) in [7, 11) is -2.25. The molecule has 9 heteroatoms. The number of aromatic nitrogens is 1. The van der Waals surface area contributed by atoms with Gasteiger partial charge in [-0.3, -0.25) is 9.36 Å². The maximum Gasteiger partial charge on any atom is 0.419 e. The second kappa shape index (κ2) is 7.85. The summed E-state index contributed by atoms with van der Waals surface area (Å²) in [6.45, 7) is 2.14. The van der Waals surface area contributed by atoms with E-state index in [1.165, 1.54) is 29.2 Å². The molecule has 27 heavy (non-hydrogen) atoms. The Morgan fingerprint density at radius 3 is 2.78 bits per heavy atom. The third-order valence-electron chi connectivity index (χ3n) is 5.18. The van der Waals surface area contributed by atoms with Crippen molar-refractivity contribution in [1.29, 1.82) is 0 Å². The van der Waals surface area contributed by atoms with Crippen LogP contribution in [0, 0.1) is 5.92 Å². The molecular weight excluding hydrogens is 370 g/mol. The quantitative estimate of drug-likeness (QED) is 0.770. The molecule has 1 saturated carbocycles. The van der Waals surface area contributed by atoms with Crippen molar-refractivity contribution in [3.8, 4) is 0 Å². The van der Waals surface area contributed by atoms with Crippen LogP contribution in [-0.4, -0.2) is 31.5 Å². The summed E-state index contributed by atoms with van der Waals surface area (Å²) >= 11 is 0. The van der Waals surface area contributed by atoms with Crippen LogP contribution in [0.5, 0.6) is 0 Å². The van der Waals surface area contributed by atoms with Gasteiger partial charge in [-0.1, -0.05) is 19.8 Å². The highest BCUT2D eigenvalue weighted by atomic mass is 32.2. The molecule has 148 valence electrons. The van der Waals surface area contributed by atoms with E-state index in [0.717, 1.165) is 19.3 Å². The minimum absolute atomic E-state index is 0.00599. The summed E-state index contributed by atoms with van der Waals surface area (Å²) in [6, 6.07) is 4.41. The lowest BCUT2D eigenvalue weighted by Gasteiger charge is -2.29. The Morgan fingerprint density at radius 1 is 1.30 bits per heavy atom. The van der Waals surface area contributed by atoms with E-state index in [0.29, 0.717) is 11.4 Å². The first-order chi connectivity index (χ1) is 12.8. The summed E-state index contributed by atoms with van der Waals surface area (Å²) in [5.74, 6) is -0.256. The Kier molecular flexibility index (Phi) is 5.71. The van der Waals surface area contributed by atoms with Gasteiger partial charge in [-0.25, -0.2) is 17.9 Å². The van der Waals surface area contributed by atoms with Gasteiger partial charge in [0, 0.05) is 32.1 Å². The van der Waals surface area contributed by atoms with Crippen LogP contribution in [0.3, 0.4) is 0 Å². The number of rotatable bonds is 6. The van der Waals surface area contributed by atoms with E-state index < -0.39 is 15.8 Å². The smallest absolute Gasteiger partial charge is 0.408 e. The summed E-state index contributed by atoms with van der Waals surface area (Å²) in [4.78, 5) is 23.6. The molecule has 0 bridgehead atoms. The maximum absolute atomic E-state index is 12.4. The van der Waals surface area contributed by atoms with Gasteiger partial charge in [0.15, 0.2) is 5.58 Å². The Balaban J connectivity index is 1.58. The Labute approximate surface area is 158 Å². The van der Waals surface area contributed by atoms with Crippen molar-refractivity contribution < 1.29 is 17.6 Å². The predicted molar refractivity (Wildman–Crippen MR) is 101 cm³/mol. The van der Waals surface area contributed by atoms with E-state index in [2.05, 4.69) is 17.0 Å². The van der Waals surface area contributed by atoms with Gasteiger partial charge in [-0.05, 0) is 30.9 Å². The van der Waals surface area contributed by atoms with E-state index >= 15 is 0 Å². The average Bonchev–Trinajstić information content (AvgIpc) is 2.90. The molecular formula is C18H25N3O5S. The first-order valence-electron chi connectivity index (χ1n) is 9.16. The highest BCUT2D eigenvalue weighted by Gasteiger charge is 2.23. The fourth-order valence-corrected chi connectivity index (χ4v) is 4.52. The molecule has 3 rings (SSSR count). The molecule has 2 N–H and O–H groups in total.